The normalized spacial score (nSPS) is 9.43. The maximum atomic E-state index is 10.8. The van der Waals surface area contributed by atoms with Crippen molar-refractivity contribution in [1.82, 2.24) is 10.3 Å². The Bertz CT molecular complexity index is 372. The molecule has 0 aliphatic rings. The van der Waals surface area contributed by atoms with Gasteiger partial charge >= 0.3 is 5.97 Å². The summed E-state index contributed by atoms with van der Waals surface area (Å²) in [4.78, 5) is 25.0. The van der Waals surface area contributed by atoms with E-state index in [0.29, 0.717) is 5.01 Å². The lowest BCUT2D eigenvalue weighted by Gasteiger charge is -1.96. The van der Waals surface area contributed by atoms with Gasteiger partial charge in [-0.25, -0.2) is 9.78 Å². The van der Waals surface area contributed by atoms with E-state index in [-0.39, 0.29) is 18.1 Å². The first-order valence-corrected chi connectivity index (χ1v) is 4.59. The summed E-state index contributed by atoms with van der Waals surface area (Å²) in [7, 11) is 0. The molecular formula is C8H8N2O3S. The Morgan fingerprint density at radius 1 is 1.71 bits per heavy atom. The van der Waals surface area contributed by atoms with E-state index in [1.165, 1.54) is 16.7 Å². The molecule has 0 aromatic carbocycles. The number of hydrogen-bond acceptors (Lipinski definition) is 4. The molecule has 0 fully saturated rings. The van der Waals surface area contributed by atoms with Crippen molar-refractivity contribution < 1.29 is 14.7 Å². The third-order valence-electron chi connectivity index (χ3n) is 1.37. The van der Waals surface area contributed by atoms with Crippen molar-refractivity contribution in [3.8, 4) is 0 Å². The number of rotatable bonds is 4. The molecule has 74 valence electrons. The van der Waals surface area contributed by atoms with E-state index in [2.05, 4.69) is 16.9 Å². The molecule has 14 heavy (non-hydrogen) atoms. The molecule has 5 nitrogen and oxygen atoms in total. The van der Waals surface area contributed by atoms with Gasteiger partial charge in [0.1, 0.15) is 5.01 Å². The van der Waals surface area contributed by atoms with Crippen molar-refractivity contribution in [3.05, 3.63) is 28.7 Å². The molecule has 0 atom stereocenters. The molecule has 1 aromatic heterocycles. The van der Waals surface area contributed by atoms with Gasteiger partial charge in [0.05, 0.1) is 6.54 Å². The summed E-state index contributed by atoms with van der Waals surface area (Å²) in [6.07, 6.45) is 1.14. The Kier molecular flexibility index (Phi) is 3.35. The van der Waals surface area contributed by atoms with Crippen LogP contribution in [0.15, 0.2) is 18.0 Å². The van der Waals surface area contributed by atoms with Crippen molar-refractivity contribution in [2.75, 3.05) is 0 Å². The van der Waals surface area contributed by atoms with E-state index < -0.39 is 5.97 Å². The summed E-state index contributed by atoms with van der Waals surface area (Å²) < 4.78 is 0. The Balaban J connectivity index is 2.56. The summed E-state index contributed by atoms with van der Waals surface area (Å²) >= 11 is 1.19. The van der Waals surface area contributed by atoms with Crippen molar-refractivity contribution in [2.45, 2.75) is 6.54 Å². The minimum absolute atomic E-state index is 0.00199. The molecule has 0 spiro atoms. The second-order valence-corrected chi connectivity index (χ2v) is 3.30. The predicted octanol–water partition coefficient (Wildman–Crippen LogP) is 0.643. The van der Waals surface area contributed by atoms with Crippen molar-refractivity contribution >= 4 is 23.2 Å². The fraction of sp³-hybridized carbons (Fsp3) is 0.125. The number of carbonyl (C=O) groups is 2. The Labute approximate surface area is 84.1 Å². The molecule has 0 unspecified atom stereocenters. The van der Waals surface area contributed by atoms with Crippen molar-refractivity contribution in [3.63, 3.8) is 0 Å². The molecule has 0 bridgehead atoms. The van der Waals surface area contributed by atoms with E-state index in [9.17, 15) is 9.59 Å². The summed E-state index contributed by atoms with van der Waals surface area (Å²) in [6.45, 7) is 3.51. The van der Waals surface area contributed by atoms with Crippen LogP contribution in [0.2, 0.25) is 0 Å². The molecule has 0 aliphatic carbocycles. The van der Waals surface area contributed by atoms with Gasteiger partial charge in [-0.1, -0.05) is 6.58 Å². The van der Waals surface area contributed by atoms with Gasteiger partial charge in [-0.3, -0.25) is 4.79 Å². The molecular weight excluding hydrogens is 204 g/mol. The van der Waals surface area contributed by atoms with Crippen LogP contribution >= 0.6 is 11.3 Å². The molecule has 6 heteroatoms. The first-order valence-electron chi connectivity index (χ1n) is 3.71. The summed E-state index contributed by atoms with van der Waals surface area (Å²) in [5.41, 5.74) is -0.00199. The van der Waals surface area contributed by atoms with Gasteiger partial charge < -0.3 is 10.4 Å². The van der Waals surface area contributed by atoms with Crippen LogP contribution in [-0.2, 0) is 11.3 Å². The maximum absolute atomic E-state index is 10.8. The SMILES string of the molecule is C=CC(=O)NCc1nc(C(=O)O)cs1. The quantitative estimate of drug-likeness (QED) is 0.718. The molecule has 1 rings (SSSR count). The predicted molar refractivity (Wildman–Crippen MR) is 51.1 cm³/mol. The monoisotopic (exact) mass is 212 g/mol. The van der Waals surface area contributed by atoms with Crippen LogP contribution < -0.4 is 5.32 Å². The van der Waals surface area contributed by atoms with Crippen molar-refractivity contribution in [2.24, 2.45) is 0 Å². The van der Waals surface area contributed by atoms with Gasteiger partial charge in [0.15, 0.2) is 5.69 Å². The number of carboxylic acids is 1. The Morgan fingerprint density at radius 2 is 2.43 bits per heavy atom. The molecule has 2 N–H and O–H groups in total. The van der Waals surface area contributed by atoms with Gasteiger partial charge in [-0.15, -0.1) is 11.3 Å². The topological polar surface area (TPSA) is 79.3 Å². The van der Waals surface area contributed by atoms with E-state index in [0.717, 1.165) is 6.08 Å². The first-order chi connectivity index (χ1) is 6.63. The second-order valence-electron chi connectivity index (χ2n) is 2.35. The largest absolute Gasteiger partial charge is 0.476 e. The van der Waals surface area contributed by atoms with Crippen molar-refractivity contribution in [1.29, 1.82) is 0 Å². The van der Waals surface area contributed by atoms with E-state index in [1.54, 1.807) is 0 Å². The van der Waals surface area contributed by atoms with Gasteiger partial charge in [0.25, 0.3) is 0 Å². The third-order valence-corrected chi connectivity index (χ3v) is 2.22. The van der Waals surface area contributed by atoms with Gasteiger partial charge in [0.2, 0.25) is 5.91 Å². The number of carboxylic acid groups (broad SMARTS) is 1. The lowest BCUT2D eigenvalue weighted by molar-refractivity contribution is -0.116. The van der Waals surface area contributed by atoms with Crippen LogP contribution in [-0.4, -0.2) is 22.0 Å². The van der Waals surface area contributed by atoms with E-state index >= 15 is 0 Å². The highest BCUT2D eigenvalue weighted by Crippen LogP contribution is 2.08. The highest BCUT2D eigenvalue weighted by atomic mass is 32.1. The minimum Gasteiger partial charge on any atom is -0.476 e. The lowest BCUT2D eigenvalue weighted by Crippen LogP contribution is -2.19. The Morgan fingerprint density at radius 3 is 2.93 bits per heavy atom. The smallest absolute Gasteiger partial charge is 0.355 e. The van der Waals surface area contributed by atoms with Crippen LogP contribution in [0.4, 0.5) is 0 Å². The van der Waals surface area contributed by atoms with Gasteiger partial charge in [0, 0.05) is 5.38 Å². The summed E-state index contributed by atoms with van der Waals surface area (Å²) in [6, 6.07) is 0. The van der Waals surface area contributed by atoms with Crippen LogP contribution in [0, 0.1) is 0 Å². The fourth-order valence-electron chi connectivity index (χ4n) is 0.725. The average Bonchev–Trinajstić information content (AvgIpc) is 2.62. The number of thiazole rings is 1. The first kappa shape index (κ1) is 10.4. The lowest BCUT2D eigenvalue weighted by atomic mass is 10.5. The Hall–Kier alpha value is -1.69. The number of nitrogens with zero attached hydrogens (tertiary/aromatic N) is 1. The highest BCUT2D eigenvalue weighted by molar-refractivity contribution is 7.09. The van der Waals surface area contributed by atoms with Crippen LogP contribution in [0.3, 0.4) is 0 Å². The molecule has 0 radical (unpaired) electrons. The van der Waals surface area contributed by atoms with Crippen LogP contribution in [0.1, 0.15) is 15.5 Å². The summed E-state index contributed by atoms with van der Waals surface area (Å²) in [5.74, 6) is -1.38. The fourth-order valence-corrected chi connectivity index (χ4v) is 1.43. The van der Waals surface area contributed by atoms with E-state index in [4.69, 9.17) is 5.11 Å². The number of aromatic carboxylic acids is 1. The zero-order valence-electron chi connectivity index (χ0n) is 7.19. The molecule has 0 aliphatic heterocycles. The molecule has 0 saturated heterocycles. The second kappa shape index (κ2) is 4.52. The number of hydrogen-bond donors (Lipinski definition) is 2. The third kappa shape index (κ3) is 2.67. The van der Waals surface area contributed by atoms with E-state index in [1.807, 2.05) is 0 Å². The average molecular weight is 212 g/mol. The standard InChI is InChI=1S/C8H8N2O3S/c1-2-6(11)9-3-7-10-5(4-14-7)8(12)13/h2,4H,1,3H2,(H,9,11)(H,12,13). The summed E-state index contributed by atoms with van der Waals surface area (Å²) in [5, 5.41) is 13.0. The molecule has 1 aromatic rings. The van der Waals surface area contributed by atoms with Crippen LogP contribution in [0.5, 0.6) is 0 Å². The van der Waals surface area contributed by atoms with Gasteiger partial charge in [-0.2, -0.15) is 0 Å². The van der Waals surface area contributed by atoms with Gasteiger partial charge in [-0.05, 0) is 6.08 Å². The number of nitrogens with one attached hydrogen (secondary N) is 1. The number of amides is 1. The maximum Gasteiger partial charge on any atom is 0.355 e. The number of carbonyl (C=O) groups excluding carboxylic acids is 1. The molecule has 0 saturated carbocycles. The molecule has 1 amide bonds. The highest BCUT2D eigenvalue weighted by Gasteiger charge is 2.08. The zero-order valence-corrected chi connectivity index (χ0v) is 8.00. The zero-order chi connectivity index (χ0) is 10.6. The molecule has 1 heterocycles. The number of aromatic nitrogens is 1. The minimum atomic E-state index is -1.07. The van der Waals surface area contributed by atoms with Crippen LogP contribution in [0.25, 0.3) is 0 Å².